The lowest BCUT2D eigenvalue weighted by atomic mass is 10.2. The van der Waals surface area contributed by atoms with E-state index in [0.29, 0.717) is 16.3 Å². The molecule has 0 aliphatic carbocycles. The summed E-state index contributed by atoms with van der Waals surface area (Å²) in [7, 11) is 0. The van der Waals surface area contributed by atoms with Crippen molar-refractivity contribution in [1.29, 1.82) is 5.26 Å². The Morgan fingerprint density at radius 3 is 2.56 bits per heavy atom. The molecule has 5 nitrogen and oxygen atoms in total. The first-order valence-electron chi connectivity index (χ1n) is 8.21. The van der Waals surface area contributed by atoms with Crippen molar-refractivity contribution in [2.45, 2.75) is 23.2 Å². The minimum atomic E-state index is -0.410. The molecule has 0 saturated carbocycles. The Hall–Kier alpha value is -2.95. The smallest absolute Gasteiger partial charge is 0.266 e. The summed E-state index contributed by atoms with van der Waals surface area (Å²) in [6, 6.07) is 17.4. The van der Waals surface area contributed by atoms with Crippen LogP contribution >= 0.6 is 23.1 Å². The number of aromatic nitrogens is 3. The quantitative estimate of drug-likeness (QED) is 0.516. The van der Waals surface area contributed by atoms with Crippen LogP contribution in [0.4, 0.5) is 0 Å². The van der Waals surface area contributed by atoms with Gasteiger partial charge in [-0.05, 0) is 49.9 Å². The van der Waals surface area contributed by atoms with E-state index in [0.717, 1.165) is 20.1 Å². The summed E-state index contributed by atoms with van der Waals surface area (Å²) in [4.78, 5) is 17.3. The lowest BCUT2D eigenvalue weighted by Crippen LogP contribution is -2.25. The van der Waals surface area contributed by atoms with E-state index in [2.05, 4.69) is 10.1 Å². The highest BCUT2D eigenvalue weighted by Crippen LogP contribution is 2.35. The number of nitriles is 1. The van der Waals surface area contributed by atoms with Gasteiger partial charge in [0.25, 0.3) is 5.56 Å². The molecule has 2 aromatic heterocycles. The summed E-state index contributed by atoms with van der Waals surface area (Å²) in [6.45, 7) is 3.73. The van der Waals surface area contributed by atoms with Gasteiger partial charge in [-0.2, -0.15) is 15.0 Å². The maximum atomic E-state index is 12.7. The molecule has 0 N–H and O–H groups in total. The van der Waals surface area contributed by atoms with Crippen molar-refractivity contribution in [3.8, 4) is 11.8 Å². The maximum Gasteiger partial charge on any atom is 0.289 e. The molecule has 0 spiro atoms. The number of rotatable bonds is 3. The van der Waals surface area contributed by atoms with Crippen LogP contribution < -0.4 is 5.56 Å². The van der Waals surface area contributed by atoms with Gasteiger partial charge < -0.3 is 0 Å². The normalized spacial score (nSPS) is 10.9. The first kappa shape index (κ1) is 17.5. The number of aryl methyl sites for hydroxylation is 1. The fourth-order valence-corrected chi connectivity index (χ4v) is 4.71. The summed E-state index contributed by atoms with van der Waals surface area (Å²) >= 11 is 2.94. The SMILES string of the molecule is Cc1ccc(-n2nc(Sc3nc4ccccc4s3)c(C)c(C#N)c2=O)cc1. The van der Waals surface area contributed by atoms with Crippen molar-refractivity contribution in [2.24, 2.45) is 0 Å². The van der Waals surface area contributed by atoms with Crippen molar-refractivity contribution < 1.29 is 0 Å². The fraction of sp³-hybridized carbons (Fsp3) is 0.100. The van der Waals surface area contributed by atoms with Crippen LogP contribution in [-0.2, 0) is 0 Å². The second-order valence-corrected chi connectivity index (χ2v) is 8.29. The van der Waals surface area contributed by atoms with Gasteiger partial charge in [0.2, 0.25) is 0 Å². The Bertz CT molecular complexity index is 1220. The molecule has 0 aliphatic rings. The third-order valence-corrected chi connectivity index (χ3v) is 6.32. The molecule has 0 atom stereocenters. The lowest BCUT2D eigenvalue weighted by molar-refractivity contribution is 0.738. The van der Waals surface area contributed by atoms with E-state index in [1.807, 2.05) is 61.5 Å². The highest BCUT2D eigenvalue weighted by Gasteiger charge is 2.17. The molecule has 27 heavy (non-hydrogen) atoms. The van der Waals surface area contributed by atoms with Gasteiger partial charge >= 0.3 is 0 Å². The predicted octanol–water partition coefficient (Wildman–Crippen LogP) is 4.48. The zero-order valence-corrected chi connectivity index (χ0v) is 16.3. The van der Waals surface area contributed by atoms with Crippen LogP contribution in [0.5, 0.6) is 0 Å². The van der Waals surface area contributed by atoms with Gasteiger partial charge in [-0.3, -0.25) is 4.79 Å². The second kappa shape index (κ2) is 6.99. The first-order chi connectivity index (χ1) is 13.1. The van der Waals surface area contributed by atoms with Crippen LogP contribution in [0.2, 0.25) is 0 Å². The molecule has 2 aromatic carbocycles. The van der Waals surface area contributed by atoms with Crippen LogP contribution in [0, 0.1) is 25.2 Å². The van der Waals surface area contributed by atoms with Gasteiger partial charge in [0.1, 0.15) is 16.7 Å². The van der Waals surface area contributed by atoms with Crippen LogP contribution in [0.1, 0.15) is 16.7 Å². The number of benzene rings is 2. The van der Waals surface area contributed by atoms with Crippen molar-refractivity contribution >= 4 is 33.3 Å². The molecule has 0 aliphatic heterocycles. The standard InChI is InChI=1S/C20H14N4OS2/c1-12-7-9-14(10-8-12)24-19(25)15(11-21)13(2)18(23-24)27-20-22-16-5-3-4-6-17(16)26-20/h3-10H,1-2H3. The predicted molar refractivity (Wildman–Crippen MR) is 108 cm³/mol. The number of nitrogens with zero attached hydrogens (tertiary/aromatic N) is 4. The molecule has 132 valence electrons. The molecule has 7 heteroatoms. The summed E-state index contributed by atoms with van der Waals surface area (Å²) in [5.41, 5.74) is 2.92. The fourth-order valence-electron chi connectivity index (χ4n) is 2.65. The monoisotopic (exact) mass is 390 g/mol. The molecule has 0 fully saturated rings. The number of fused-ring (bicyclic) bond motifs is 1. The zero-order chi connectivity index (χ0) is 19.0. The average molecular weight is 390 g/mol. The van der Waals surface area contributed by atoms with Gasteiger partial charge in [0.15, 0.2) is 4.34 Å². The van der Waals surface area contributed by atoms with Crippen LogP contribution in [-0.4, -0.2) is 14.8 Å². The van der Waals surface area contributed by atoms with E-state index in [9.17, 15) is 10.1 Å². The lowest BCUT2D eigenvalue weighted by Gasteiger charge is -2.10. The van der Waals surface area contributed by atoms with Crippen molar-refractivity contribution in [3.63, 3.8) is 0 Å². The van der Waals surface area contributed by atoms with E-state index in [4.69, 9.17) is 0 Å². The number of hydrogen-bond donors (Lipinski definition) is 0. The third kappa shape index (κ3) is 3.25. The van der Waals surface area contributed by atoms with Crippen LogP contribution in [0.15, 0.2) is 62.7 Å². The molecule has 4 aromatic rings. The van der Waals surface area contributed by atoms with Gasteiger partial charge in [0, 0.05) is 5.56 Å². The molecule has 2 heterocycles. The zero-order valence-electron chi connectivity index (χ0n) is 14.6. The molecule has 0 radical (unpaired) electrons. The minimum absolute atomic E-state index is 0.106. The van der Waals surface area contributed by atoms with E-state index in [1.54, 1.807) is 18.3 Å². The Balaban J connectivity index is 1.84. The van der Waals surface area contributed by atoms with Crippen molar-refractivity contribution in [1.82, 2.24) is 14.8 Å². The molecule has 0 unspecified atom stereocenters. The maximum absolute atomic E-state index is 12.7. The molecule has 4 rings (SSSR count). The Morgan fingerprint density at radius 2 is 1.85 bits per heavy atom. The molecular formula is C20H14N4OS2. The number of thiazole rings is 1. The van der Waals surface area contributed by atoms with E-state index < -0.39 is 5.56 Å². The Morgan fingerprint density at radius 1 is 1.11 bits per heavy atom. The van der Waals surface area contributed by atoms with E-state index >= 15 is 0 Å². The Labute approximate surface area is 163 Å². The van der Waals surface area contributed by atoms with Gasteiger partial charge in [-0.1, -0.05) is 29.8 Å². The summed E-state index contributed by atoms with van der Waals surface area (Å²) in [5, 5.41) is 14.6. The molecular weight excluding hydrogens is 376 g/mol. The average Bonchev–Trinajstić information content (AvgIpc) is 3.08. The molecule has 0 bridgehead atoms. The number of para-hydroxylation sites is 1. The Kier molecular flexibility index (Phi) is 4.52. The van der Waals surface area contributed by atoms with Gasteiger partial charge in [-0.15, -0.1) is 11.3 Å². The highest BCUT2D eigenvalue weighted by molar-refractivity contribution is 8.01. The summed E-state index contributed by atoms with van der Waals surface area (Å²) in [5.74, 6) is 0. The molecule has 0 saturated heterocycles. The van der Waals surface area contributed by atoms with Gasteiger partial charge in [0.05, 0.1) is 15.9 Å². The van der Waals surface area contributed by atoms with E-state index in [-0.39, 0.29) is 5.56 Å². The summed E-state index contributed by atoms with van der Waals surface area (Å²) < 4.78 is 3.20. The summed E-state index contributed by atoms with van der Waals surface area (Å²) in [6.07, 6.45) is 0. The van der Waals surface area contributed by atoms with Crippen LogP contribution in [0.25, 0.3) is 15.9 Å². The second-order valence-electron chi connectivity index (χ2n) is 6.02. The van der Waals surface area contributed by atoms with E-state index in [1.165, 1.54) is 16.4 Å². The topological polar surface area (TPSA) is 71.6 Å². The van der Waals surface area contributed by atoms with Gasteiger partial charge in [-0.25, -0.2) is 4.98 Å². The highest BCUT2D eigenvalue weighted by atomic mass is 32.2. The minimum Gasteiger partial charge on any atom is -0.266 e. The first-order valence-corrected chi connectivity index (χ1v) is 9.84. The third-order valence-electron chi connectivity index (χ3n) is 4.14. The van der Waals surface area contributed by atoms with Crippen LogP contribution in [0.3, 0.4) is 0 Å². The van der Waals surface area contributed by atoms with Crippen molar-refractivity contribution in [3.05, 3.63) is 75.6 Å². The van der Waals surface area contributed by atoms with Crippen molar-refractivity contribution in [2.75, 3.05) is 0 Å². The largest absolute Gasteiger partial charge is 0.289 e. The number of hydrogen-bond acceptors (Lipinski definition) is 6. The molecule has 0 amide bonds.